The van der Waals surface area contributed by atoms with E-state index in [1.807, 2.05) is 6.07 Å². The lowest BCUT2D eigenvalue weighted by Gasteiger charge is -2.35. The van der Waals surface area contributed by atoms with Crippen LogP contribution in [0.4, 0.5) is 0 Å². The first-order valence-electron chi connectivity index (χ1n) is 15.0. The molecule has 0 bridgehead atoms. The SMILES string of the molecule is CCC(CC)C(P)(CC)CC.CCCCCCCCCCCCCCCc1ccccc1S(=O)(=O)O. The summed E-state index contributed by atoms with van der Waals surface area (Å²) in [6.07, 6.45) is 22.8. The fourth-order valence-electron chi connectivity index (χ4n) is 5.22. The van der Waals surface area contributed by atoms with Crippen LogP contribution in [0.2, 0.25) is 0 Å². The maximum absolute atomic E-state index is 11.3. The molecule has 3 nitrogen and oxygen atoms in total. The average molecular weight is 543 g/mol. The third-order valence-electron chi connectivity index (χ3n) is 7.92. The van der Waals surface area contributed by atoms with Crippen LogP contribution in [-0.4, -0.2) is 18.1 Å². The molecule has 0 aliphatic carbocycles. The highest BCUT2D eigenvalue weighted by molar-refractivity contribution is 7.85. The van der Waals surface area contributed by atoms with E-state index in [1.54, 1.807) is 12.1 Å². The van der Waals surface area contributed by atoms with Gasteiger partial charge in [-0.1, -0.05) is 143 Å². The molecule has 0 aliphatic heterocycles. The molecule has 1 N–H and O–H groups in total. The number of hydrogen-bond acceptors (Lipinski definition) is 2. The molecule has 212 valence electrons. The van der Waals surface area contributed by atoms with Crippen molar-refractivity contribution in [2.45, 2.75) is 160 Å². The van der Waals surface area contributed by atoms with Crippen molar-refractivity contribution in [3.8, 4) is 0 Å². The van der Waals surface area contributed by atoms with Crippen LogP contribution in [-0.2, 0) is 16.5 Å². The largest absolute Gasteiger partial charge is 0.294 e. The van der Waals surface area contributed by atoms with E-state index >= 15 is 0 Å². The zero-order valence-corrected chi connectivity index (χ0v) is 26.3. The number of aryl methyl sites for hydroxylation is 1. The fourth-order valence-corrected chi connectivity index (χ4v) is 6.45. The Bertz CT molecular complexity index is 740. The Labute approximate surface area is 228 Å². The first-order valence-corrected chi connectivity index (χ1v) is 17.1. The maximum Gasteiger partial charge on any atom is 0.294 e. The Balaban J connectivity index is 0.000000935. The minimum absolute atomic E-state index is 0.0638. The summed E-state index contributed by atoms with van der Waals surface area (Å²) in [6, 6.07) is 6.75. The summed E-state index contributed by atoms with van der Waals surface area (Å²) in [7, 11) is -1.03. The van der Waals surface area contributed by atoms with Crippen molar-refractivity contribution in [2.75, 3.05) is 0 Å². The molecular weight excluding hydrogens is 483 g/mol. The quantitative estimate of drug-likeness (QED) is 0.101. The second kappa shape index (κ2) is 21.5. The summed E-state index contributed by atoms with van der Waals surface area (Å²) in [6.45, 7) is 11.5. The molecule has 0 saturated heterocycles. The normalized spacial score (nSPS) is 12.0. The minimum atomic E-state index is -4.10. The molecule has 0 saturated carbocycles. The van der Waals surface area contributed by atoms with Crippen molar-refractivity contribution >= 4 is 19.4 Å². The van der Waals surface area contributed by atoms with E-state index in [9.17, 15) is 13.0 Å². The van der Waals surface area contributed by atoms with E-state index in [4.69, 9.17) is 0 Å². The van der Waals surface area contributed by atoms with Gasteiger partial charge >= 0.3 is 0 Å². The predicted molar refractivity (Wildman–Crippen MR) is 163 cm³/mol. The molecule has 1 unspecified atom stereocenters. The summed E-state index contributed by atoms with van der Waals surface area (Å²) in [4.78, 5) is 0.0638. The minimum Gasteiger partial charge on any atom is -0.282 e. The van der Waals surface area contributed by atoms with E-state index in [1.165, 1.54) is 102 Å². The number of unbranched alkanes of at least 4 members (excludes halogenated alkanes) is 12. The van der Waals surface area contributed by atoms with Crippen molar-refractivity contribution < 1.29 is 13.0 Å². The van der Waals surface area contributed by atoms with Gasteiger partial charge in [-0.05, 0) is 48.4 Å². The third-order valence-corrected chi connectivity index (χ3v) is 10.2. The summed E-state index contributed by atoms with van der Waals surface area (Å²) in [5.74, 6) is 0.891. The lowest BCUT2D eigenvalue weighted by molar-refractivity contribution is 0.334. The summed E-state index contributed by atoms with van der Waals surface area (Å²) in [5, 5.41) is 0.517. The van der Waals surface area contributed by atoms with Crippen molar-refractivity contribution in [1.82, 2.24) is 0 Å². The Hall–Kier alpha value is -0.440. The van der Waals surface area contributed by atoms with Crippen LogP contribution in [0.1, 0.15) is 149 Å². The number of benzene rings is 1. The van der Waals surface area contributed by atoms with Crippen molar-refractivity contribution in [1.29, 1.82) is 0 Å². The lowest BCUT2D eigenvalue weighted by atomic mass is 9.83. The van der Waals surface area contributed by atoms with E-state index < -0.39 is 10.1 Å². The molecule has 36 heavy (non-hydrogen) atoms. The van der Waals surface area contributed by atoms with Crippen LogP contribution in [0.25, 0.3) is 0 Å². The Morgan fingerprint density at radius 1 is 0.722 bits per heavy atom. The molecule has 1 rings (SSSR count). The Kier molecular flexibility index (Phi) is 21.2. The molecule has 0 amide bonds. The van der Waals surface area contributed by atoms with Gasteiger partial charge in [-0.2, -0.15) is 8.42 Å². The standard InChI is InChI=1S/C21H36O3S.C10H23P/c1-2-3-4-5-6-7-8-9-10-11-12-13-14-17-20-18-15-16-19-21(20)25(22,23)24;1-5-9(6-2)10(11,7-3)8-4/h15-16,18-19H,2-14,17H2,1H3,(H,22,23,24);9H,5-8,11H2,1-4H3. The maximum atomic E-state index is 11.3. The topological polar surface area (TPSA) is 54.4 Å². The molecule has 1 aromatic rings. The molecule has 0 spiro atoms. The van der Waals surface area contributed by atoms with Gasteiger partial charge in [0.2, 0.25) is 0 Å². The average Bonchev–Trinajstić information content (AvgIpc) is 2.87. The van der Waals surface area contributed by atoms with Gasteiger partial charge in [-0.3, -0.25) is 4.55 Å². The molecule has 0 radical (unpaired) electrons. The first-order chi connectivity index (χ1) is 17.2. The van der Waals surface area contributed by atoms with Crippen LogP contribution in [0.5, 0.6) is 0 Å². The highest BCUT2D eigenvalue weighted by Gasteiger charge is 2.27. The van der Waals surface area contributed by atoms with E-state index in [-0.39, 0.29) is 4.90 Å². The van der Waals surface area contributed by atoms with Crippen LogP contribution in [0.15, 0.2) is 29.2 Å². The van der Waals surface area contributed by atoms with Gasteiger partial charge in [0.25, 0.3) is 10.1 Å². The summed E-state index contributed by atoms with van der Waals surface area (Å²) < 4.78 is 31.9. The first kappa shape index (κ1) is 35.6. The van der Waals surface area contributed by atoms with Gasteiger partial charge in [-0.25, -0.2) is 0 Å². The molecule has 0 fully saturated rings. The summed E-state index contributed by atoms with van der Waals surface area (Å²) >= 11 is 0. The highest BCUT2D eigenvalue weighted by Crippen LogP contribution is 2.38. The Morgan fingerprint density at radius 2 is 1.14 bits per heavy atom. The Morgan fingerprint density at radius 3 is 1.50 bits per heavy atom. The summed E-state index contributed by atoms with van der Waals surface area (Å²) in [5.41, 5.74) is 0.730. The van der Waals surface area contributed by atoms with Crippen LogP contribution < -0.4 is 0 Å². The molecule has 1 aromatic carbocycles. The van der Waals surface area contributed by atoms with E-state index in [2.05, 4.69) is 43.9 Å². The molecule has 1 atom stereocenters. The van der Waals surface area contributed by atoms with E-state index in [0.717, 1.165) is 24.3 Å². The van der Waals surface area contributed by atoms with Gasteiger partial charge in [0.15, 0.2) is 0 Å². The fraction of sp³-hybridized carbons (Fsp3) is 0.806. The van der Waals surface area contributed by atoms with Crippen LogP contribution in [0.3, 0.4) is 0 Å². The molecule has 5 heteroatoms. The predicted octanol–water partition coefficient (Wildman–Crippen LogP) is 10.4. The zero-order chi connectivity index (χ0) is 27.3. The van der Waals surface area contributed by atoms with Gasteiger partial charge in [-0.15, -0.1) is 9.24 Å². The number of hydrogen-bond donors (Lipinski definition) is 1. The number of rotatable bonds is 20. The second-order valence-corrected chi connectivity index (χ2v) is 13.1. The van der Waals surface area contributed by atoms with Crippen LogP contribution >= 0.6 is 9.24 Å². The van der Waals surface area contributed by atoms with Gasteiger partial charge < -0.3 is 0 Å². The van der Waals surface area contributed by atoms with Crippen molar-refractivity contribution in [3.05, 3.63) is 29.8 Å². The highest BCUT2D eigenvalue weighted by atomic mass is 32.2. The van der Waals surface area contributed by atoms with Gasteiger partial charge in [0, 0.05) is 0 Å². The monoisotopic (exact) mass is 542 g/mol. The zero-order valence-electron chi connectivity index (χ0n) is 24.4. The van der Waals surface area contributed by atoms with Crippen LogP contribution in [0, 0.1) is 5.92 Å². The smallest absolute Gasteiger partial charge is 0.282 e. The molecule has 0 aromatic heterocycles. The van der Waals surface area contributed by atoms with Gasteiger partial charge in [0.05, 0.1) is 4.90 Å². The lowest BCUT2D eigenvalue weighted by Crippen LogP contribution is -2.28. The molecule has 0 aliphatic rings. The molecule has 0 heterocycles. The van der Waals surface area contributed by atoms with Gasteiger partial charge in [0.1, 0.15) is 0 Å². The second-order valence-electron chi connectivity index (χ2n) is 10.5. The van der Waals surface area contributed by atoms with Crippen molar-refractivity contribution in [2.24, 2.45) is 5.92 Å². The van der Waals surface area contributed by atoms with E-state index in [0.29, 0.717) is 11.6 Å². The molecular formula is C31H59O3PS. The van der Waals surface area contributed by atoms with Crippen molar-refractivity contribution in [3.63, 3.8) is 0 Å². The third kappa shape index (κ3) is 15.7.